The van der Waals surface area contributed by atoms with E-state index in [1.54, 1.807) is 12.1 Å². The zero-order valence-corrected chi connectivity index (χ0v) is 14.7. The lowest BCUT2D eigenvalue weighted by Crippen LogP contribution is -2.45. The van der Waals surface area contributed by atoms with E-state index in [9.17, 15) is 9.59 Å². The average molecular weight is 361 g/mol. The number of likely N-dealkylation sites (N-methyl/N-ethyl adjacent to an activating group) is 1. The lowest BCUT2D eigenvalue weighted by atomic mass is 10.2. The molecule has 4 rings (SSSR count). The second-order valence-corrected chi connectivity index (χ2v) is 8.34. The van der Waals surface area contributed by atoms with E-state index in [1.165, 1.54) is 11.6 Å². The summed E-state index contributed by atoms with van der Waals surface area (Å²) < 4.78 is 11.2. The predicted molar refractivity (Wildman–Crippen MR) is 94.7 cm³/mol. The van der Waals surface area contributed by atoms with E-state index in [2.05, 4.69) is 21.8 Å². The van der Waals surface area contributed by atoms with E-state index in [0.29, 0.717) is 22.7 Å². The summed E-state index contributed by atoms with van der Waals surface area (Å²) in [6.45, 7) is 3.94. The van der Waals surface area contributed by atoms with Crippen LogP contribution in [0.4, 0.5) is 5.69 Å². The van der Waals surface area contributed by atoms with Crippen LogP contribution in [0.15, 0.2) is 45.8 Å². The lowest BCUT2D eigenvalue weighted by Gasteiger charge is -2.34. The van der Waals surface area contributed by atoms with Crippen LogP contribution in [0.5, 0.6) is 0 Å². The Hall–Kier alpha value is -2.16. The lowest BCUT2D eigenvalue weighted by molar-refractivity contribution is -0.130. The summed E-state index contributed by atoms with van der Waals surface area (Å²) in [5.41, 5.74) is 2.46. The van der Waals surface area contributed by atoms with Gasteiger partial charge in [0.15, 0.2) is 0 Å². The van der Waals surface area contributed by atoms with E-state index in [4.69, 9.17) is 8.37 Å². The van der Waals surface area contributed by atoms with E-state index in [0.717, 1.165) is 26.2 Å². The topological polar surface area (TPSA) is 71.4 Å². The van der Waals surface area contributed by atoms with Gasteiger partial charge in [0.1, 0.15) is 10.4 Å². The van der Waals surface area contributed by atoms with Crippen LogP contribution in [0.2, 0.25) is 0 Å². The molecule has 0 amide bonds. The van der Waals surface area contributed by atoms with Crippen molar-refractivity contribution in [2.24, 2.45) is 4.99 Å². The first-order chi connectivity index (χ1) is 12.1. The molecule has 1 aromatic rings. The zero-order valence-electron chi connectivity index (χ0n) is 13.9. The maximum Gasteiger partial charge on any atom is 0.359 e. The highest BCUT2D eigenvalue weighted by Gasteiger charge is 2.39. The van der Waals surface area contributed by atoms with Gasteiger partial charge in [0.2, 0.25) is 0 Å². The highest BCUT2D eigenvalue weighted by Crippen LogP contribution is 2.63. The van der Waals surface area contributed by atoms with Gasteiger partial charge in [0, 0.05) is 38.8 Å². The molecular weight excluding hydrogens is 342 g/mol. The van der Waals surface area contributed by atoms with Crippen LogP contribution < -0.4 is 0 Å². The first kappa shape index (κ1) is 16.3. The third kappa shape index (κ3) is 3.08. The van der Waals surface area contributed by atoms with Crippen molar-refractivity contribution < 1.29 is 18.0 Å². The molecule has 1 atom stereocenters. The van der Waals surface area contributed by atoms with E-state index in [-0.39, 0.29) is 0 Å². The highest BCUT2D eigenvalue weighted by molar-refractivity contribution is 8.37. The van der Waals surface area contributed by atoms with Crippen LogP contribution in [0, 0.1) is 0 Å². The molecule has 25 heavy (non-hydrogen) atoms. The number of rotatable bonds is 2. The van der Waals surface area contributed by atoms with Crippen LogP contribution in [0.25, 0.3) is 0 Å². The number of nitrogens with zero attached hydrogens (tertiary/aromatic N) is 3. The zero-order chi connectivity index (χ0) is 17.4. The number of para-hydroxylation sites is 1. The van der Waals surface area contributed by atoms with Gasteiger partial charge in [-0.05, 0) is 29.8 Å². The number of aliphatic imine (C=N–C) groups is 1. The molecule has 0 aromatic heterocycles. The van der Waals surface area contributed by atoms with E-state index < -0.39 is 22.5 Å². The summed E-state index contributed by atoms with van der Waals surface area (Å²) >= 11 is 0. The van der Waals surface area contributed by atoms with E-state index in [1.807, 2.05) is 12.1 Å². The summed E-state index contributed by atoms with van der Waals surface area (Å²) in [5.74, 6) is -1.07. The quantitative estimate of drug-likeness (QED) is 0.797. The normalized spacial score (nSPS) is 29.4. The van der Waals surface area contributed by atoms with Gasteiger partial charge in [-0.1, -0.05) is 12.1 Å². The molecule has 3 aliphatic heterocycles. The SMILES string of the molecule is CN1CCN(CC2=CC(=O)OS3(C=Nc4ccccc43)OC2=O)CC1. The monoisotopic (exact) mass is 361 g/mol. The number of fused-ring (bicyclic) bond motifs is 2. The Kier molecular flexibility index (Phi) is 4.10. The minimum atomic E-state index is -2.61. The minimum absolute atomic E-state index is 0.330. The Morgan fingerprint density at radius 1 is 1.12 bits per heavy atom. The van der Waals surface area contributed by atoms with Crippen molar-refractivity contribution in [2.45, 2.75) is 4.90 Å². The van der Waals surface area contributed by atoms with Gasteiger partial charge < -0.3 is 13.3 Å². The Balaban J connectivity index is 1.56. The smallest absolute Gasteiger partial charge is 0.330 e. The maximum absolute atomic E-state index is 12.7. The Labute approximate surface area is 147 Å². The summed E-state index contributed by atoms with van der Waals surface area (Å²) in [5, 5.41) is 0. The number of carbonyl (C=O) groups is 2. The molecule has 3 heterocycles. The molecule has 0 N–H and O–H groups in total. The molecule has 1 aromatic carbocycles. The van der Waals surface area contributed by atoms with Crippen molar-refractivity contribution >= 4 is 33.8 Å². The summed E-state index contributed by atoms with van der Waals surface area (Å²) in [7, 11) is -0.541. The van der Waals surface area contributed by atoms with Crippen molar-refractivity contribution in [3.05, 3.63) is 35.9 Å². The van der Waals surface area contributed by atoms with Crippen LogP contribution in [0.1, 0.15) is 0 Å². The molecule has 1 saturated heterocycles. The van der Waals surface area contributed by atoms with Crippen LogP contribution in [0.3, 0.4) is 0 Å². The van der Waals surface area contributed by atoms with Crippen LogP contribution >= 0.6 is 10.6 Å². The number of hydrogen-bond donors (Lipinski definition) is 0. The van der Waals surface area contributed by atoms with Crippen molar-refractivity contribution in [2.75, 3.05) is 39.8 Å². The van der Waals surface area contributed by atoms with Gasteiger partial charge in [-0.2, -0.15) is 0 Å². The molecule has 7 nitrogen and oxygen atoms in total. The molecule has 1 unspecified atom stereocenters. The summed E-state index contributed by atoms with van der Waals surface area (Å²) in [6.07, 6.45) is 1.26. The third-order valence-corrected chi connectivity index (χ3v) is 6.60. The van der Waals surface area contributed by atoms with Crippen molar-refractivity contribution in [3.63, 3.8) is 0 Å². The van der Waals surface area contributed by atoms with Crippen molar-refractivity contribution in [1.82, 2.24) is 9.80 Å². The molecule has 0 saturated carbocycles. The van der Waals surface area contributed by atoms with Gasteiger partial charge in [-0.15, -0.1) is 0 Å². The number of carbonyl (C=O) groups excluding carboxylic acids is 2. The molecule has 0 aliphatic carbocycles. The highest BCUT2D eigenvalue weighted by atomic mass is 32.3. The average Bonchev–Trinajstić information content (AvgIpc) is 2.88. The molecule has 0 radical (unpaired) electrons. The Bertz CT molecular complexity index is 786. The summed E-state index contributed by atoms with van der Waals surface area (Å²) in [6, 6.07) is 7.24. The number of hydrogen-bond acceptors (Lipinski definition) is 7. The minimum Gasteiger partial charge on any atom is -0.330 e. The van der Waals surface area contributed by atoms with Gasteiger partial charge in [0.05, 0.1) is 11.3 Å². The molecule has 0 bridgehead atoms. The number of benzene rings is 1. The molecule has 3 aliphatic rings. The van der Waals surface area contributed by atoms with Crippen LogP contribution in [-0.4, -0.2) is 67.1 Å². The molecule has 8 heteroatoms. The fourth-order valence-electron chi connectivity index (χ4n) is 3.01. The van der Waals surface area contributed by atoms with Gasteiger partial charge in [-0.3, -0.25) is 4.90 Å². The fraction of sp³-hybridized carbons (Fsp3) is 0.353. The van der Waals surface area contributed by atoms with Gasteiger partial charge >= 0.3 is 11.9 Å². The van der Waals surface area contributed by atoms with Crippen molar-refractivity contribution in [1.29, 1.82) is 0 Å². The molecular formula is C17H19N3O4S. The largest absolute Gasteiger partial charge is 0.359 e. The Morgan fingerprint density at radius 2 is 1.88 bits per heavy atom. The first-order valence-electron chi connectivity index (χ1n) is 8.11. The third-order valence-electron chi connectivity index (χ3n) is 4.45. The standard InChI is InChI=1S/C17H19N3O4S/c1-19-6-8-20(9-7-19)11-13-10-16(21)23-25(24-17(13)22)12-18-14-4-2-3-5-15(14)25/h2-5,10,12H,6-9,11H2,1H3. The molecule has 132 valence electrons. The van der Waals surface area contributed by atoms with E-state index >= 15 is 0 Å². The fourth-order valence-corrected chi connectivity index (χ4v) is 4.98. The number of piperazine rings is 1. The second kappa shape index (κ2) is 6.29. The second-order valence-electron chi connectivity index (χ2n) is 6.27. The maximum atomic E-state index is 12.7. The summed E-state index contributed by atoms with van der Waals surface area (Å²) in [4.78, 5) is 34.2. The first-order valence-corrected chi connectivity index (χ1v) is 9.65. The van der Waals surface area contributed by atoms with Gasteiger partial charge in [-0.25, -0.2) is 14.6 Å². The van der Waals surface area contributed by atoms with Gasteiger partial charge in [0.25, 0.3) is 0 Å². The Morgan fingerprint density at radius 3 is 2.68 bits per heavy atom. The predicted octanol–water partition coefficient (Wildman–Crippen LogP) is 1.63. The van der Waals surface area contributed by atoms with Crippen molar-refractivity contribution in [3.8, 4) is 0 Å². The van der Waals surface area contributed by atoms with Crippen LogP contribution in [-0.2, 0) is 18.0 Å². The molecule has 1 fully saturated rings. The molecule has 1 spiro atoms.